The Morgan fingerprint density at radius 1 is 1.40 bits per heavy atom. The number of aryl methyl sites for hydroxylation is 1. The molecule has 0 saturated heterocycles. The van der Waals surface area contributed by atoms with Crippen LogP contribution in [0.25, 0.3) is 0 Å². The molecule has 0 unspecified atom stereocenters. The fourth-order valence-electron chi connectivity index (χ4n) is 0.686. The Morgan fingerprint density at radius 3 is 2.60 bits per heavy atom. The van der Waals surface area contributed by atoms with E-state index < -0.39 is 0 Å². The minimum atomic E-state index is 0.330. The quantitative estimate of drug-likeness (QED) is 0.665. The molecule has 1 aromatic heterocycles. The Bertz CT molecular complexity index is 197. The van der Waals surface area contributed by atoms with Gasteiger partial charge in [-0.3, -0.25) is 0 Å². The third-order valence-corrected chi connectivity index (χ3v) is 1.15. The molecule has 0 aliphatic heterocycles. The standard InChI is InChI=1S/C6H11N3O/c1-2-3-5-8-9-6(4-7)10-5/h2-4,7H2,1H3. The summed E-state index contributed by atoms with van der Waals surface area (Å²) in [4.78, 5) is 0. The molecule has 0 atom stereocenters. The van der Waals surface area contributed by atoms with Crippen LogP contribution >= 0.6 is 0 Å². The van der Waals surface area contributed by atoms with E-state index in [9.17, 15) is 0 Å². The molecule has 2 N–H and O–H groups in total. The number of aromatic nitrogens is 2. The van der Waals surface area contributed by atoms with Crippen molar-refractivity contribution < 1.29 is 4.42 Å². The van der Waals surface area contributed by atoms with Gasteiger partial charge in [0.1, 0.15) is 0 Å². The first-order chi connectivity index (χ1) is 4.86. The van der Waals surface area contributed by atoms with Crippen LogP contribution in [0.15, 0.2) is 4.42 Å². The lowest BCUT2D eigenvalue weighted by Crippen LogP contribution is -1.95. The van der Waals surface area contributed by atoms with E-state index in [1.54, 1.807) is 0 Å². The van der Waals surface area contributed by atoms with Gasteiger partial charge in [-0.25, -0.2) is 0 Å². The molecule has 0 aliphatic rings. The molecule has 0 spiro atoms. The van der Waals surface area contributed by atoms with Crippen molar-refractivity contribution in [2.45, 2.75) is 26.3 Å². The number of nitrogens with two attached hydrogens (primary N) is 1. The molecule has 1 aromatic rings. The van der Waals surface area contributed by atoms with Crippen LogP contribution in [0.1, 0.15) is 25.1 Å². The van der Waals surface area contributed by atoms with Gasteiger partial charge in [-0.2, -0.15) is 0 Å². The number of hydrogen-bond donors (Lipinski definition) is 1. The highest BCUT2D eigenvalue weighted by Gasteiger charge is 2.00. The van der Waals surface area contributed by atoms with E-state index in [4.69, 9.17) is 10.2 Å². The Kier molecular flexibility index (Phi) is 2.39. The molecule has 0 fully saturated rings. The van der Waals surface area contributed by atoms with Gasteiger partial charge in [0.15, 0.2) is 0 Å². The summed E-state index contributed by atoms with van der Waals surface area (Å²) in [7, 11) is 0. The van der Waals surface area contributed by atoms with Crippen LogP contribution in [0.5, 0.6) is 0 Å². The van der Waals surface area contributed by atoms with E-state index in [0.29, 0.717) is 18.3 Å². The normalized spacial score (nSPS) is 10.2. The molecule has 10 heavy (non-hydrogen) atoms. The van der Waals surface area contributed by atoms with Crippen molar-refractivity contribution in [3.8, 4) is 0 Å². The second kappa shape index (κ2) is 3.31. The Hall–Kier alpha value is -0.900. The molecule has 0 aliphatic carbocycles. The Balaban J connectivity index is 2.59. The molecule has 0 bridgehead atoms. The summed E-state index contributed by atoms with van der Waals surface area (Å²) in [5.74, 6) is 1.20. The summed E-state index contributed by atoms with van der Waals surface area (Å²) in [5.41, 5.74) is 5.26. The lowest BCUT2D eigenvalue weighted by atomic mass is 10.3. The monoisotopic (exact) mass is 141 g/mol. The summed E-state index contributed by atoms with van der Waals surface area (Å²) in [5, 5.41) is 7.49. The minimum Gasteiger partial charge on any atom is -0.424 e. The third-order valence-electron chi connectivity index (χ3n) is 1.15. The van der Waals surface area contributed by atoms with Crippen LogP contribution in [-0.4, -0.2) is 10.2 Å². The van der Waals surface area contributed by atoms with Gasteiger partial charge in [0.05, 0.1) is 6.54 Å². The molecule has 0 saturated carbocycles. The predicted octanol–water partition coefficient (Wildman–Crippen LogP) is 0.481. The van der Waals surface area contributed by atoms with E-state index in [2.05, 4.69) is 17.1 Å². The maximum absolute atomic E-state index is 5.26. The summed E-state index contributed by atoms with van der Waals surface area (Å²) >= 11 is 0. The number of rotatable bonds is 3. The largest absolute Gasteiger partial charge is 0.424 e. The highest BCUT2D eigenvalue weighted by Crippen LogP contribution is 2.00. The Morgan fingerprint density at radius 2 is 2.10 bits per heavy atom. The summed E-state index contributed by atoms with van der Waals surface area (Å²) in [6, 6.07) is 0. The zero-order valence-electron chi connectivity index (χ0n) is 6.00. The number of nitrogens with zero attached hydrogens (tertiary/aromatic N) is 2. The summed E-state index contributed by atoms with van der Waals surface area (Å²) < 4.78 is 5.13. The van der Waals surface area contributed by atoms with E-state index in [1.807, 2.05) is 0 Å². The van der Waals surface area contributed by atoms with E-state index in [-0.39, 0.29) is 0 Å². The van der Waals surface area contributed by atoms with Crippen LogP contribution in [0.2, 0.25) is 0 Å². The summed E-state index contributed by atoms with van der Waals surface area (Å²) in [6.45, 7) is 2.39. The molecular weight excluding hydrogens is 130 g/mol. The average Bonchev–Trinajstić information content (AvgIpc) is 2.37. The van der Waals surface area contributed by atoms with Crippen LogP contribution in [0, 0.1) is 0 Å². The molecule has 1 rings (SSSR count). The van der Waals surface area contributed by atoms with Gasteiger partial charge in [0, 0.05) is 6.42 Å². The van der Waals surface area contributed by atoms with Crippen LogP contribution in [-0.2, 0) is 13.0 Å². The molecular formula is C6H11N3O. The van der Waals surface area contributed by atoms with E-state index in [1.165, 1.54) is 0 Å². The van der Waals surface area contributed by atoms with Crippen LogP contribution < -0.4 is 5.73 Å². The highest BCUT2D eigenvalue weighted by atomic mass is 16.4. The van der Waals surface area contributed by atoms with Crippen LogP contribution in [0.3, 0.4) is 0 Å². The molecule has 56 valence electrons. The fraction of sp³-hybridized carbons (Fsp3) is 0.667. The first-order valence-corrected chi connectivity index (χ1v) is 3.38. The van der Waals surface area contributed by atoms with Gasteiger partial charge in [-0.15, -0.1) is 10.2 Å². The van der Waals surface area contributed by atoms with Gasteiger partial charge in [0.2, 0.25) is 11.8 Å². The molecule has 4 nitrogen and oxygen atoms in total. The fourth-order valence-corrected chi connectivity index (χ4v) is 0.686. The first-order valence-electron chi connectivity index (χ1n) is 3.38. The Labute approximate surface area is 59.4 Å². The van der Waals surface area contributed by atoms with Crippen molar-refractivity contribution in [3.63, 3.8) is 0 Å². The molecule has 0 radical (unpaired) electrons. The van der Waals surface area contributed by atoms with Crippen molar-refractivity contribution in [3.05, 3.63) is 11.8 Å². The average molecular weight is 141 g/mol. The number of hydrogen-bond acceptors (Lipinski definition) is 4. The maximum atomic E-state index is 5.26. The minimum absolute atomic E-state index is 0.330. The molecule has 0 amide bonds. The smallest absolute Gasteiger partial charge is 0.230 e. The van der Waals surface area contributed by atoms with Crippen molar-refractivity contribution in [2.24, 2.45) is 5.73 Å². The molecule has 4 heteroatoms. The second-order valence-corrected chi connectivity index (χ2v) is 2.04. The van der Waals surface area contributed by atoms with Gasteiger partial charge < -0.3 is 10.2 Å². The van der Waals surface area contributed by atoms with Gasteiger partial charge >= 0.3 is 0 Å². The van der Waals surface area contributed by atoms with E-state index in [0.717, 1.165) is 12.8 Å². The van der Waals surface area contributed by atoms with Crippen molar-refractivity contribution in [1.82, 2.24) is 10.2 Å². The second-order valence-electron chi connectivity index (χ2n) is 2.04. The topological polar surface area (TPSA) is 64.9 Å². The van der Waals surface area contributed by atoms with Crippen LogP contribution in [0.4, 0.5) is 0 Å². The summed E-state index contributed by atoms with van der Waals surface area (Å²) in [6.07, 6.45) is 1.86. The molecule has 1 heterocycles. The maximum Gasteiger partial charge on any atom is 0.230 e. The zero-order chi connectivity index (χ0) is 7.40. The SMILES string of the molecule is CCCc1nnc(CN)o1. The zero-order valence-corrected chi connectivity index (χ0v) is 6.00. The van der Waals surface area contributed by atoms with Crippen molar-refractivity contribution in [1.29, 1.82) is 0 Å². The lowest BCUT2D eigenvalue weighted by Gasteiger charge is -1.85. The van der Waals surface area contributed by atoms with Crippen molar-refractivity contribution >= 4 is 0 Å². The van der Waals surface area contributed by atoms with Crippen molar-refractivity contribution in [2.75, 3.05) is 0 Å². The lowest BCUT2D eigenvalue weighted by molar-refractivity contribution is 0.449. The highest BCUT2D eigenvalue weighted by molar-refractivity contribution is 4.80. The van der Waals surface area contributed by atoms with Gasteiger partial charge in [-0.1, -0.05) is 6.92 Å². The predicted molar refractivity (Wildman–Crippen MR) is 36.2 cm³/mol. The third kappa shape index (κ3) is 1.54. The molecule has 0 aromatic carbocycles. The van der Waals surface area contributed by atoms with Gasteiger partial charge in [0.25, 0.3) is 0 Å². The van der Waals surface area contributed by atoms with E-state index >= 15 is 0 Å². The van der Waals surface area contributed by atoms with Gasteiger partial charge in [-0.05, 0) is 6.42 Å². The first kappa shape index (κ1) is 7.21.